The number of amides is 1. The lowest BCUT2D eigenvalue weighted by Gasteiger charge is -2.27. The number of aryl methyl sites for hydroxylation is 2. The van der Waals surface area contributed by atoms with E-state index in [1.165, 1.54) is 12.0 Å². The molecule has 1 heterocycles. The summed E-state index contributed by atoms with van der Waals surface area (Å²) in [7, 11) is 1.54. The maximum Gasteiger partial charge on any atom is 0.300 e. The van der Waals surface area contributed by atoms with E-state index in [1.54, 1.807) is 36.4 Å². The van der Waals surface area contributed by atoms with Crippen LogP contribution >= 0.6 is 0 Å². The number of Topliss-reactive ketones (excluding diaryl/α,β-unsaturated/α-hetero) is 1. The summed E-state index contributed by atoms with van der Waals surface area (Å²) in [6, 6.07) is 18.9. The van der Waals surface area contributed by atoms with Gasteiger partial charge in [-0.25, -0.2) is 0 Å². The molecule has 0 spiro atoms. The standard InChI is InChI=1S/C29H29NO5/c1-17(2)35-22-10-8-9-20(16-22)27(31)25-26(23-11-6-7-12-24(23)34-5)30(29(33)28(25)32)21-14-18(3)13-19(4)15-21/h6-17,26,31H,1-5H3/b27-25+. The van der Waals surface area contributed by atoms with E-state index in [0.29, 0.717) is 28.3 Å². The van der Waals surface area contributed by atoms with E-state index in [0.717, 1.165) is 11.1 Å². The van der Waals surface area contributed by atoms with Gasteiger partial charge in [0.05, 0.1) is 24.8 Å². The van der Waals surface area contributed by atoms with Gasteiger partial charge in [-0.15, -0.1) is 0 Å². The van der Waals surface area contributed by atoms with Gasteiger partial charge in [0, 0.05) is 16.8 Å². The van der Waals surface area contributed by atoms with Gasteiger partial charge >= 0.3 is 0 Å². The van der Waals surface area contributed by atoms with E-state index in [4.69, 9.17) is 9.47 Å². The average Bonchev–Trinajstić information content (AvgIpc) is 3.08. The first kappa shape index (κ1) is 24.1. The molecule has 1 saturated heterocycles. The molecule has 1 atom stereocenters. The van der Waals surface area contributed by atoms with Gasteiger partial charge in [-0.1, -0.05) is 36.4 Å². The SMILES string of the molecule is COc1ccccc1C1/C(=C(\O)c2cccc(OC(C)C)c2)C(=O)C(=O)N1c1cc(C)cc(C)c1. The molecule has 3 aromatic carbocycles. The zero-order valence-electron chi connectivity index (χ0n) is 20.5. The maximum absolute atomic E-state index is 13.4. The van der Waals surface area contributed by atoms with E-state index in [1.807, 2.05) is 58.0 Å². The molecule has 1 unspecified atom stereocenters. The molecular weight excluding hydrogens is 442 g/mol. The number of aliphatic hydroxyl groups excluding tert-OH is 1. The Bertz CT molecular complexity index is 1300. The molecule has 0 bridgehead atoms. The lowest BCUT2D eigenvalue weighted by atomic mass is 9.94. The minimum Gasteiger partial charge on any atom is -0.507 e. The van der Waals surface area contributed by atoms with Crippen molar-refractivity contribution in [2.45, 2.75) is 39.8 Å². The Morgan fingerprint density at radius 1 is 0.943 bits per heavy atom. The molecule has 1 fully saturated rings. The molecule has 1 N–H and O–H groups in total. The van der Waals surface area contributed by atoms with Crippen molar-refractivity contribution in [2.75, 3.05) is 12.0 Å². The van der Waals surface area contributed by atoms with Crippen LogP contribution in [0.1, 0.15) is 42.1 Å². The molecule has 1 amide bonds. The van der Waals surface area contributed by atoms with Crippen LogP contribution in [0.25, 0.3) is 5.76 Å². The first-order valence-electron chi connectivity index (χ1n) is 11.5. The molecule has 6 nitrogen and oxygen atoms in total. The van der Waals surface area contributed by atoms with Crippen molar-refractivity contribution in [3.8, 4) is 11.5 Å². The van der Waals surface area contributed by atoms with E-state index >= 15 is 0 Å². The van der Waals surface area contributed by atoms with Crippen LogP contribution in [0, 0.1) is 13.8 Å². The molecule has 0 aromatic heterocycles. The molecular formula is C29H29NO5. The molecule has 1 aliphatic heterocycles. The Kier molecular flexibility index (Phi) is 6.65. The first-order valence-corrected chi connectivity index (χ1v) is 11.5. The quantitative estimate of drug-likeness (QED) is 0.282. The van der Waals surface area contributed by atoms with Crippen LogP contribution in [0.3, 0.4) is 0 Å². The third-order valence-corrected chi connectivity index (χ3v) is 5.84. The fourth-order valence-corrected chi connectivity index (χ4v) is 4.52. The van der Waals surface area contributed by atoms with Crippen LogP contribution in [0.5, 0.6) is 11.5 Å². The van der Waals surface area contributed by atoms with E-state index in [-0.39, 0.29) is 17.4 Å². The van der Waals surface area contributed by atoms with Crippen molar-refractivity contribution in [1.82, 2.24) is 0 Å². The van der Waals surface area contributed by atoms with Gasteiger partial charge in [0.15, 0.2) is 0 Å². The van der Waals surface area contributed by atoms with Gasteiger partial charge in [-0.05, 0) is 69.2 Å². The number of carbonyl (C=O) groups is 2. The highest BCUT2D eigenvalue weighted by Crippen LogP contribution is 2.45. The fraction of sp³-hybridized carbons (Fsp3) is 0.241. The van der Waals surface area contributed by atoms with Crippen LogP contribution < -0.4 is 14.4 Å². The van der Waals surface area contributed by atoms with Crippen LogP contribution in [0.2, 0.25) is 0 Å². The van der Waals surface area contributed by atoms with Gasteiger partial charge in [0.25, 0.3) is 11.7 Å². The van der Waals surface area contributed by atoms with Crippen molar-refractivity contribution in [1.29, 1.82) is 0 Å². The Morgan fingerprint density at radius 2 is 1.63 bits per heavy atom. The van der Waals surface area contributed by atoms with Gasteiger partial charge in [0.1, 0.15) is 17.3 Å². The topological polar surface area (TPSA) is 76.1 Å². The Morgan fingerprint density at radius 3 is 2.29 bits per heavy atom. The lowest BCUT2D eigenvalue weighted by Crippen LogP contribution is -2.29. The summed E-state index contributed by atoms with van der Waals surface area (Å²) >= 11 is 0. The number of hydrogen-bond acceptors (Lipinski definition) is 5. The monoisotopic (exact) mass is 471 g/mol. The molecule has 0 aliphatic carbocycles. The zero-order valence-corrected chi connectivity index (χ0v) is 20.5. The summed E-state index contributed by atoms with van der Waals surface area (Å²) in [6.45, 7) is 7.68. The number of para-hydroxylation sites is 1. The number of rotatable bonds is 6. The van der Waals surface area contributed by atoms with Gasteiger partial charge in [-0.3, -0.25) is 14.5 Å². The second kappa shape index (κ2) is 9.66. The fourth-order valence-electron chi connectivity index (χ4n) is 4.52. The number of methoxy groups -OCH3 is 1. The molecule has 0 radical (unpaired) electrons. The number of nitrogens with zero attached hydrogens (tertiary/aromatic N) is 1. The predicted octanol–water partition coefficient (Wildman–Crippen LogP) is 5.73. The minimum absolute atomic E-state index is 0.000330. The van der Waals surface area contributed by atoms with Gasteiger partial charge in [0.2, 0.25) is 0 Å². The summed E-state index contributed by atoms with van der Waals surface area (Å²) in [4.78, 5) is 28.3. The van der Waals surface area contributed by atoms with Crippen molar-refractivity contribution in [3.63, 3.8) is 0 Å². The Hall–Kier alpha value is -4.06. The number of carbonyl (C=O) groups excluding carboxylic acids is 2. The molecule has 35 heavy (non-hydrogen) atoms. The van der Waals surface area contributed by atoms with Crippen LogP contribution in [0.15, 0.2) is 72.3 Å². The van der Waals surface area contributed by atoms with Crippen molar-refractivity contribution < 1.29 is 24.2 Å². The largest absolute Gasteiger partial charge is 0.507 e. The first-order chi connectivity index (χ1) is 16.7. The summed E-state index contributed by atoms with van der Waals surface area (Å²) in [5.74, 6) is -0.659. The van der Waals surface area contributed by atoms with Crippen molar-refractivity contribution in [2.24, 2.45) is 0 Å². The number of benzene rings is 3. The molecule has 0 saturated carbocycles. The van der Waals surface area contributed by atoms with E-state index in [9.17, 15) is 14.7 Å². The second-order valence-corrected chi connectivity index (χ2v) is 8.95. The van der Waals surface area contributed by atoms with E-state index < -0.39 is 17.7 Å². The molecule has 180 valence electrons. The molecule has 1 aliphatic rings. The van der Waals surface area contributed by atoms with Crippen molar-refractivity contribution >= 4 is 23.1 Å². The summed E-state index contributed by atoms with van der Waals surface area (Å²) in [5, 5.41) is 11.4. The average molecular weight is 472 g/mol. The number of ketones is 1. The summed E-state index contributed by atoms with van der Waals surface area (Å²) < 4.78 is 11.3. The Balaban J connectivity index is 1.96. The zero-order chi connectivity index (χ0) is 25.3. The highest BCUT2D eigenvalue weighted by Gasteiger charge is 2.48. The highest BCUT2D eigenvalue weighted by molar-refractivity contribution is 6.51. The minimum atomic E-state index is -0.873. The second-order valence-electron chi connectivity index (χ2n) is 8.95. The summed E-state index contributed by atoms with van der Waals surface area (Å²) in [6.07, 6.45) is -0.0592. The third kappa shape index (κ3) is 4.64. The Labute approximate surface area is 205 Å². The van der Waals surface area contributed by atoms with Crippen LogP contribution in [-0.4, -0.2) is 30.0 Å². The molecule has 3 aromatic rings. The smallest absolute Gasteiger partial charge is 0.300 e. The number of aliphatic hydroxyl groups is 1. The van der Waals surface area contributed by atoms with E-state index in [2.05, 4.69) is 0 Å². The number of hydrogen-bond donors (Lipinski definition) is 1. The normalized spacial score (nSPS) is 17.2. The van der Waals surface area contributed by atoms with Crippen molar-refractivity contribution in [3.05, 3.63) is 94.6 Å². The van der Waals surface area contributed by atoms with Crippen LogP contribution in [0.4, 0.5) is 5.69 Å². The lowest BCUT2D eigenvalue weighted by molar-refractivity contribution is -0.132. The van der Waals surface area contributed by atoms with Gasteiger partial charge < -0.3 is 14.6 Å². The highest BCUT2D eigenvalue weighted by atomic mass is 16.5. The number of anilines is 1. The summed E-state index contributed by atoms with van der Waals surface area (Å²) in [5.41, 5.74) is 3.49. The number of ether oxygens (including phenoxy) is 2. The molecule has 4 rings (SSSR count). The maximum atomic E-state index is 13.4. The van der Waals surface area contributed by atoms with Crippen LogP contribution in [-0.2, 0) is 9.59 Å². The third-order valence-electron chi connectivity index (χ3n) is 5.84. The molecule has 6 heteroatoms. The predicted molar refractivity (Wildman–Crippen MR) is 136 cm³/mol. The van der Waals surface area contributed by atoms with Gasteiger partial charge in [-0.2, -0.15) is 0 Å².